The minimum Gasteiger partial charge on any atom is -0.394 e. The number of carbonyl (C=O) groups excluding carboxylic acids is 1. The van der Waals surface area contributed by atoms with E-state index in [2.05, 4.69) is 20.6 Å². The zero-order valence-corrected chi connectivity index (χ0v) is 14.6. The number of rotatable bonds is 5. The molecule has 0 radical (unpaired) electrons. The second kappa shape index (κ2) is 8.09. The van der Waals surface area contributed by atoms with Gasteiger partial charge in [-0.25, -0.2) is 19.2 Å². The summed E-state index contributed by atoms with van der Waals surface area (Å²) >= 11 is 0. The van der Waals surface area contributed by atoms with Crippen molar-refractivity contribution in [1.29, 1.82) is 0 Å². The highest BCUT2D eigenvalue weighted by molar-refractivity contribution is 5.74. The van der Waals surface area contributed by atoms with Gasteiger partial charge in [0, 0.05) is 25.3 Å². The van der Waals surface area contributed by atoms with E-state index in [0.29, 0.717) is 32.0 Å². The lowest BCUT2D eigenvalue weighted by Crippen LogP contribution is -2.42. The second-order valence-electron chi connectivity index (χ2n) is 6.35. The Morgan fingerprint density at radius 2 is 2.15 bits per heavy atom. The molecule has 1 aliphatic heterocycles. The lowest BCUT2D eigenvalue weighted by molar-refractivity contribution is 0.191. The van der Waals surface area contributed by atoms with Gasteiger partial charge in [0.2, 0.25) is 5.95 Å². The molecule has 7 nitrogen and oxygen atoms in total. The van der Waals surface area contributed by atoms with E-state index in [1.807, 2.05) is 6.92 Å². The van der Waals surface area contributed by atoms with Gasteiger partial charge in [-0.05, 0) is 36.6 Å². The Kier molecular flexibility index (Phi) is 5.62. The van der Waals surface area contributed by atoms with E-state index in [-0.39, 0.29) is 24.5 Å². The first-order valence-electron chi connectivity index (χ1n) is 8.54. The van der Waals surface area contributed by atoms with Crippen LogP contribution in [0.4, 0.5) is 15.1 Å². The van der Waals surface area contributed by atoms with E-state index in [4.69, 9.17) is 5.11 Å². The largest absolute Gasteiger partial charge is 0.394 e. The van der Waals surface area contributed by atoms with Crippen LogP contribution in [0.15, 0.2) is 30.5 Å². The van der Waals surface area contributed by atoms with Gasteiger partial charge in [-0.15, -0.1) is 0 Å². The van der Waals surface area contributed by atoms with Crippen LogP contribution in [0.3, 0.4) is 0 Å². The Morgan fingerprint density at radius 3 is 2.88 bits per heavy atom. The van der Waals surface area contributed by atoms with Crippen LogP contribution >= 0.6 is 0 Å². The topological polar surface area (TPSA) is 90.4 Å². The summed E-state index contributed by atoms with van der Waals surface area (Å²) in [7, 11) is 0. The number of hydrogen-bond donors (Lipinski definition) is 3. The minimum atomic E-state index is -0.299. The third-order valence-corrected chi connectivity index (χ3v) is 4.24. The second-order valence-corrected chi connectivity index (χ2v) is 6.35. The molecule has 2 aromatic rings. The summed E-state index contributed by atoms with van der Waals surface area (Å²) in [4.78, 5) is 22.8. The molecule has 8 heteroatoms. The molecule has 0 aliphatic carbocycles. The summed E-state index contributed by atoms with van der Waals surface area (Å²) in [6, 6.07) is 5.71. The molecule has 1 atom stereocenters. The Morgan fingerprint density at radius 1 is 1.38 bits per heavy atom. The molecule has 1 aromatic heterocycles. The smallest absolute Gasteiger partial charge is 0.318 e. The first kappa shape index (κ1) is 18.1. The van der Waals surface area contributed by atoms with E-state index in [0.717, 1.165) is 16.8 Å². The van der Waals surface area contributed by atoms with Crippen LogP contribution in [-0.4, -0.2) is 45.2 Å². The average molecular weight is 359 g/mol. The van der Waals surface area contributed by atoms with Crippen LogP contribution in [-0.2, 0) is 19.5 Å². The zero-order valence-electron chi connectivity index (χ0n) is 14.6. The number of nitrogens with one attached hydrogen (secondary N) is 2. The third-order valence-electron chi connectivity index (χ3n) is 4.24. The summed E-state index contributed by atoms with van der Waals surface area (Å²) in [6.45, 7) is 3.14. The van der Waals surface area contributed by atoms with Crippen LogP contribution in [0.2, 0.25) is 0 Å². The highest BCUT2D eigenvalue weighted by Crippen LogP contribution is 2.18. The van der Waals surface area contributed by atoms with Crippen LogP contribution in [0.25, 0.3) is 0 Å². The van der Waals surface area contributed by atoms with Crippen molar-refractivity contribution in [3.8, 4) is 0 Å². The first-order valence-corrected chi connectivity index (χ1v) is 8.54. The number of hydrogen-bond acceptors (Lipinski definition) is 5. The van der Waals surface area contributed by atoms with E-state index in [9.17, 15) is 9.18 Å². The molecule has 1 aliphatic rings. The number of benzene rings is 1. The number of nitrogens with zero attached hydrogens (tertiary/aromatic N) is 3. The van der Waals surface area contributed by atoms with Gasteiger partial charge in [-0.2, -0.15) is 0 Å². The molecule has 0 bridgehead atoms. The van der Waals surface area contributed by atoms with Crippen LogP contribution in [0.1, 0.15) is 23.7 Å². The molecule has 1 unspecified atom stereocenters. The van der Waals surface area contributed by atoms with Crippen molar-refractivity contribution in [2.45, 2.75) is 32.5 Å². The van der Waals surface area contributed by atoms with E-state index < -0.39 is 0 Å². The summed E-state index contributed by atoms with van der Waals surface area (Å²) < 4.78 is 12.9. The number of amides is 2. The average Bonchev–Trinajstić information content (AvgIpc) is 2.66. The quantitative estimate of drug-likeness (QED) is 0.756. The number of urea groups is 1. The third kappa shape index (κ3) is 4.45. The lowest BCUT2D eigenvalue weighted by atomic mass is 10.1. The zero-order chi connectivity index (χ0) is 18.5. The Hall–Kier alpha value is -2.74. The van der Waals surface area contributed by atoms with Crippen molar-refractivity contribution in [3.05, 3.63) is 53.1 Å². The number of aromatic nitrogens is 2. The molecule has 3 rings (SSSR count). The molecule has 2 heterocycles. The maximum absolute atomic E-state index is 12.9. The van der Waals surface area contributed by atoms with Crippen LogP contribution in [0, 0.1) is 5.82 Å². The van der Waals surface area contributed by atoms with E-state index >= 15 is 0 Å². The predicted octanol–water partition coefficient (Wildman–Crippen LogP) is 1.68. The summed E-state index contributed by atoms with van der Waals surface area (Å²) in [6.07, 6.45) is 2.46. The van der Waals surface area contributed by atoms with Crippen LogP contribution in [0.5, 0.6) is 0 Å². The van der Waals surface area contributed by atoms with Gasteiger partial charge in [0.05, 0.1) is 18.8 Å². The molecular formula is C18H22FN5O2. The monoisotopic (exact) mass is 359 g/mol. The van der Waals surface area contributed by atoms with Gasteiger partial charge >= 0.3 is 6.03 Å². The number of fused-ring (bicyclic) bond motifs is 1. The normalized spacial score (nSPS) is 14.5. The fourth-order valence-electron chi connectivity index (χ4n) is 2.70. The number of anilines is 1. The Labute approximate surface area is 151 Å². The van der Waals surface area contributed by atoms with E-state index in [1.165, 1.54) is 12.1 Å². The molecule has 138 valence electrons. The molecule has 3 N–H and O–H groups in total. The molecule has 0 fully saturated rings. The number of carbonyl (C=O) groups is 1. The van der Waals surface area contributed by atoms with Gasteiger partial charge in [0.15, 0.2) is 0 Å². The maximum Gasteiger partial charge on any atom is 0.318 e. The number of halogens is 1. The van der Waals surface area contributed by atoms with Crippen molar-refractivity contribution in [2.75, 3.05) is 18.5 Å². The SMILES string of the molecule is CC(CO)Nc1ncc2c(n1)CN(C(=O)NCc1ccc(F)cc1)CC2. The molecular weight excluding hydrogens is 337 g/mol. The minimum absolute atomic E-state index is 0.0155. The van der Waals surface area contributed by atoms with Crippen LogP contribution < -0.4 is 10.6 Å². The summed E-state index contributed by atoms with van der Waals surface area (Å²) in [5.41, 5.74) is 2.66. The van der Waals surface area contributed by atoms with E-state index in [1.54, 1.807) is 23.2 Å². The van der Waals surface area contributed by atoms with Crippen molar-refractivity contribution in [1.82, 2.24) is 20.2 Å². The van der Waals surface area contributed by atoms with Gasteiger partial charge in [0.1, 0.15) is 5.82 Å². The number of aliphatic hydroxyl groups excluding tert-OH is 1. The molecule has 1 aromatic carbocycles. The Bertz CT molecular complexity index is 769. The molecule has 26 heavy (non-hydrogen) atoms. The molecule has 0 saturated carbocycles. The fourth-order valence-corrected chi connectivity index (χ4v) is 2.70. The molecule has 2 amide bonds. The fraction of sp³-hybridized carbons (Fsp3) is 0.389. The van der Waals surface area contributed by atoms with Gasteiger partial charge in [0.25, 0.3) is 0 Å². The lowest BCUT2D eigenvalue weighted by Gasteiger charge is -2.28. The first-order chi connectivity index (χ1) is 12.5. The highest BCUT2D eigenvalue weighted by Gasteiger charge is 2.22. The van der Waals surface area contributed by atoms with Gasteiger partial charge in [-0.1, -0.05) is 12.1 Å². The maximum atomic E-state index is 12.9. The van der Waals surface area contributed by atoms with Crippen molar-refractivity contribution in [2.24, 2.45) is 0 Å². The molecule has 0 spiro atoms. The number of aliphatic hydroxyl groups is 1. The predicted molar refractivity (Wildman–Crippen MR) is 95.0 cm³/mol. The van der Waals surface area contributed by atoms with Crippen molar-refractivity contribution < 1.29 is 14.3 Å². The highest BCUT2D eigenvalue weighted by atomic mass is 19.1. The molecule has 0 saturated heterocycles. The summed E-state index contributed by atoms with van der Waals surface area (Å²) in [5.74, 6) is 0.145. The summed E-state index contributed by atoms with van der Waals surface area (Å²) in [5, 5.41) is 15.0. The van der Waals surface area contributed by atoms with Crippen molar-refractivity contribution >= 4 is 12.0 Å². The van der Waals surface area contributed by atoms with Crippen molar-refractivity contribution in [3.63, 3.8) is 0 Å². The van der Waals surface area contributed by atoms with Gasteiger partial charge in [-0.3, -0.25) is 0 Å². The standard InChI is InChI=1S/C18H22FN5O2/c1-12(11-25)22-17-20-9-14-6-7-24(10-16(14)23-17)18(26)21-8-13-2-4-15(19)5-3-13/h2-5,9,12,25H,6-8,10-11H2,1H3,(H,21,26)(H,20,22,23). The van der Waals surface area contributed by atoms with Gasteiger partial charge < -0.3 is 20.6 Å². The Balaban J connectivity index is 1.60.